The topological polar surface area (TPSA) is 79.0 Å². The van der Waals surface area contributed by atoms with Crippen LogP contribution < -0.4 is 5.32 Å². The van der Waals surface area contributed by atoms with Crippen LogP contribution in [0.25, 0.3) is 0 Å². The van der Waals surface area contributed by atoms with E-state index in [4.69, 9.17) is 5.26 Å². The van der Waals surface area contributed by atoms with Crippen LogP contribution in [0, 0.1) is 21.4 Å². The fourth-order valence-corrected chi connectivity index (χ4v) is 1.94. The van der Waals surface area contributed by atoms with Crippen molar-refractivity contribution in [3.05, 3.63) is 69.8 Å². The Kier molecular flexibility index (Phi) is 3.96. The molecule has 2 aromatic rings. The lowest BCUT2D eigenvalue weighted by Gasteiger charge is -2.15. The van der Waals surface area contributed by atoms with E-state index in [0.29, 0.717) is 11.3 Å². The molecule has 0 saturated carbocycles. The van der Waals surface area contributed by atoms with Gasteiger partial charge in [-0.2, -0.15) is 5.26 Å². The number of nitrogens with zero attached hydrogens (tertiary/aromatic N) is 2. The quantitative estimate of drug-likeness (QED) is 0.677. The summed E-state index contributed by atoms with van der Waals surface area (Å²) in [5.74, 6) is 0. The van der Waals surface area contributed by atoms with Gasteiger partial charge in [-0.1, -0.05) is 30.3 Å². The van der Waals surface area contributed by atoms with Crippen molar-refractivity contribution in [2.45, 2.75) is 13.0 Å². The lowest BCUT2D eigenvalue weighted by molar-refractivity contribution is -0.384. The van der Waals surface area contributed by atoms with Gasteiger partial charge in [0.15, 0.2) is 0 Å². The Morgan fingerprint density at radius 1 is 1.25 bits per heavy atom. The predicted molar refractivity (Wildman–Crippen MR) is 76.3 cm³/mol. The predicted octanol–water partition coefficient (Wildman–Crippen LogP) is 3.64. The van der Waals surface area contributed by atoms with Crippen molar-refractivity contribution < 1.29 is 4.92 Å². The number of hydrogen-bond acceptors (Lipinski definition) is 4. The third-order valence-electron chi connectivity index (χ3n) is 2.99. The van der Waals surface area contributed by atoms with Crippen molar-refractivity contribution in [3.8, 4) is 6.07 Å². The Bertz CT molecular complexity index is 663. The van der Waals surface area contributed by atoms with Gasteiger partial charge >= 0.3 is 0 Å². The van der Waals surface area contributed by atoms with Gasteiger partial charge in [0, 0.05) is 12.1 Å². The van der Waals surface area contributed by atoms with Crippen LogP contribution in [-0.4, -0.2) is 4.92 Å². The summed E-state index contributed by atoms with van der Waals surface area (Å²) in [6.45, 7) is 1.91. The van der Waals surface area contributed by atoms with E-state index in [0.717, 1.165) is 5.56 Å². The fraction of sp³-hybridized carbons (Fsp3) is 0.133. The van der Waals surface area contributed by atoms with Crippen LogP contribution in [0.4, 0.5) is 11.4 Å². The van der Waals surface area contributed by atoms with E-state index in [2.05, 4.69) is 5.32 Å². The summed E-state index contributed by atoms with van der Waals surface area (Å²) >= 11 is 0. The Labute approximate surface area is 116 Å². The maximum Gasteiger partial charge on any atom is 0.292 e. The number of nitriles is 1. The molecule has 0 fully saturated rings. The van der Waals surface area contributed by atoms with Crippen molar-refractivity contribution in [1.82, 2.24) is 0 Å². The summed E-state index contributed by atoms with van der Waals surface area (Å²) in [7, 11) is 0. The highest BCUT2D eigenvalue weighted by molar-refractivity contribution is 5.65. The summed E-state index contributed by atoms with van der Waals surface area (Å²) in [5, 5.41) is 23.0. The largest absolute Gasteiger partial charge is 0.373 e. The zero-order valence-electron chi connectivity index (χ0n) is 10.9. The monoisotopic (exact) mass is 267 g/mol. The molecule has 0 aliphatic rings. The van der Waals surface area contributed by atoms with Gasteiger partial charge in [0.2, 0.25) is 0 Å². The molecule has 0 radical (unpaired) electrons. The van der Waals surface area contributed by atoms with E-state index in [1.807, 2.05) is 43.3 Å². The third-order valence-corrected chi connectivity index (χ3v) is 2.99. The first-order valence-electron chi connectivity index (χ1n) is 6.12. The van der Waals surface area contributed by atoms with Gasteiger partial charge in [-0.3, -0.25) is 10.1 Å². The average Bonchev–Trinajstić information content (AvgIpc) is 2.47. The zero-order valence-corrected chi connectivity index (χ0v) is 10.9. The summed E-state index contributed by atoms with van der Waals surface area (Å²) in [6, 6.07) is 15.8. The van der Waals surface area contributed by atoms with Crippen molar-refractivity contribution >= 4 is 11.4 Å². The molecule has 2 aromatic carbocycles. The number of nitrogens with one attached hydrogen (secondary N) is 1. The van der Waals surface area contributed by atoms with E-state index >= 15 is 0 Å². The van der Waals surface area contributed by atoms with Gasteiger partial charge in [-0.05, 0) is 24.6 Å². The molecule has 0 bridgehead atoms. The Hall–Kier alpha value is -2.87. The van der Waals surface area contributed by atoms with Gasteiger partial charge in [0.25, 0.3) is 5.69 Å². The molecule has 5 heteroatoms. The Morgan fingerprint density at radius 3 is 2.55 bits per heavy atom. The van der Waals surface area contributed by atoms with Crippen LogP contribution in [-0.2, 0) is 0 Å². The second kappa shape index (κ2) is 5.85. The molecule has 0 saturated heterocycles. The average molecular weight is 267 g/mol. The van der Waals surface area contributed by atoms with E-state index in [1.165, 1.54) is 18.2 Å². The molecular weight excluding hydrogens is 254 g/mol. The molecule has 0 aliphatic heterocycles. The first-order chi connectivity index (χ1) is 9.61. The Morgan fingerprint density at radius 2 is 1.95 bits per heavy atom. The van der Waals surface area contributed by atoms with Crippen LogP contribution in [0.2, 0.25) is 0 Å². The standard InChI is InChI=1S/C15H13N3O2/c1-11(13-5-3-2-4-6-13)17-14-9-12(10-16)7-8-15(14)18(19)20/h2-9,11,17H,1H3. The van der Waals surface area contributed by atoms with Crippen LogP contribution in [0.15, 0.2) is 48.5 Å². The van der Waals surface area contributed by atoms with Gasteiger partial charge in [0.1, 0.15) is 5.69 Å². The van der Waals surface area contributed by atoms with Crippen molar-refractivity contribution in [1.29, 1.82) is 5.26 Å². The number of nitro groups is 1. The molecule has 0 amide bonds. The maximum absolute atomic E-state index is 11.0. The Balaban J connectivity index is 2.32. The van der Waals surface area contributed by atoms with Gasteiger partial charge < -0.3 is 5.32 Å². The van der Waals surface area contributed by atoms with Crippen molar-refractivity contribution in [2.75, 3.05) is 5.32 Å². The second-order valence-corrected chi connectivity index (χ2v) is 4.38. The number of benzene rings is 2. The normalized spacial score (nSPS) is 11.4. The smallest absolute Gasteiger partial charge is 0.292 e. The minimum atomic E-state index is -0.457. The molecule has 0 spiro atoms. The summed E-state index contributed by atoms with van der Waals surface area (Å²) in [6.07, 6.45) is 0. The SMILES string of the molecule is CC(Nc1cc(C#N)ccc1[N+](=O)[O-])c1ccccc1. The molecule has 1 atom stereocenters. The summed E-state index contributed by atoms with van der Waals surface area (Å²) < 4.78 is 0. The minimum absolute atomic E-state index is 0.0354. The maximum atomic E-state index is 11.0. The molecule has 0 aliphatic carbocycles. The highest BCUT2D eigenvalue weighted by atomic mass is 16.6. The van der Waals surface area contributed by atoms with Crippen LogP contribution in [0.3, 0.4) is 0 Å². The van der Waals surface area contributed by atoms with Gasteiger partial charge in [0.05, 0.1) is 16.6 Å². The second-order valence-electron chi connectivity index (χ2n) is 4.38. The highest BCUT2D eigenvalue weighted by Gasteiger charge is 2.16. The molecule has 0 heterocycles. The minimum Gasteiger partial charge on any atom is -0.373 e. The van der Waals surface area contributed by atoms with Crippen LogP contribution in [0.5, 0.6) is 0 Å². The summed E-state index contributed by atoms with van der Waals surface area (Å²) in [5.41, 5.74) is 1.72. The molecular formula is C15H13N3O2. The zero-order chi connectivity index (χ0) is 14.5. The third kappa shape index (κ3) is 2.93. The lowest BCUT2D eigenvalue weighted by Crippen LogP contribution is -2.08. The van der Waals surface area contributed by atoms with Crippen molar-refractivity contribution in [3.63, 3.8) is 0 Å². The molecule has 5 nitrogen and oxygen atoms in total. The number of rotatable bonds is 4. The molecule has 2 rings (SSSR count). The van der Waals surface area contributed by atoms with Gasteiger partial charge in [-0.15, -0.1) is 0 Å². The van der Waals surface area contributed by atoms with E-state index in [1.54, 1.807) is 0 Å². The molecule has 0 aromatic heterocycles. The summed E-state index contributed by atoms with van der Waals surface area (Å²) in [4.78, 5) is 10.6. The number of anilines is 1. The first kappa shape index (κ1) is 13.6. The highest BCUT2D eigenvalue weighted by Crippen LogP contribution is 2.29. The molecule has 1 unspecified atom stereocenters. The number of nitro benzene ring substituents is 1. The van der Waals surface area contributed by atoms with E-state index in [-0.39, 0.29) is 11.7 Å². The fourth-order valence-electron chi connectivity index (χ4n) is 1.94. The van der Waals surface area contributed by atoms with E-state index < -0.39 is 4.92 Å². The number of hydrogen-bond donors (Lipinski definition) is 1. The first-order valence-corrected chi connectivity index (χ1v) is 6.12. The molecule has 100 valence electrons. The van der Waals surface area contributed by atoms with E-state index in [9.17, 15) is 10.1 Å². The lowest BCUT2D eigenvalue weighted by atomic mass is 10.1. The van der Waals surface area contributed by atoms with Crippen molar-refractivity contribution in [2.24, 2.45) is 0 Å². The molecule has 1 N–H and O–H groups in total. The molecule has 20 heavy (non-hydrogen) atoms. The van der Waals surface area contributed by atoms with Gasteiger partial charge in [-0.25, -0.2) is 0 Å². The van der Waals surface area contributed by atoms with Crippen LogP contribution >= 0.6 is 0 Å². The van der Waals surface area contributed by atoms with Crippen LogP contribution in [0.1, 0.15) is 24.1 Å².